The van der Waals surface area contributed by atoms with Crippen molar-refractivity contribution in [3.8, 4) is 0 Å². The van der Waals surface area contributed by atoms with Crippen LogP contribution in [-0.2, 0) is 6.54 Å². The van der Waals surface area contributed by atoms with Crippen molar-refractivity contribution in [2.24, 2.45) is 0 Å². The van der Waals surface area contributed by atoms with Gasteiger partial charge in [-0.3, -0.25) is 14.8 Å². The van der Waals surface area contributed by atoms with Gasteiger partial charge in [-0.25, -0.2) is 13.6 Å². The van der Waals surface area contributed by atoms with Crippen LogP contribution in [0.15, 0.2) is 24.4 Å². The van der Waals surface area contributed by atoms with Crippen LogP contribution in [0.3, 0.4) is 0 Å². The molecule has 104 valence electrons. The largest absolute Gasteiger partial charge is 0.476 e. The lowest BCUT2D eigenvalue weighted by Gasteiger charge is -2.01. The van der Waals surface area contributed by atoms with Crippen molar-refractivity contribution in [3.05, 3.63) is 57.4 Å². The molecular weight excluding hydrogens is 276 g/mol. The van der Waals surface area contributed by atoms with E-state index in [1.54, 1.807) is 0 Å². The zero-order valence-electron chi connectivity index (χ0n) is 9.79. The van der Waals surface area contributed by atoms with Crippen LogP contribution in [0, 0.1) is 21.7 Å². The Bertz CT molecular complexity index is 647. The summed E-state index contributed by atoms with van der Waals surface area (Å²) in [6, 6.07) is 2.73. The van der Waals surface area contributed by atoms with Crippen LogP contribution < -0.4 is 0 Å². The number of halogens is 2. The third-order valence-corrected chi connectivity index (χ3v) is 2.41. The highest BCUT2D eigenvalue weighted by Gasteiger charge is 2.25. The third kappa shape index (κ3) is 2.76. The molecule has 0 atom stereocenters. The molecule has 0 unspecified atom stereocenters. The molecule has 2 rings (SSSR count). The summed E-state index contributed by atoms with van der Waals surface area (Å²) in [6.07, 6.45) is 0.895. The fraction of sp³-hybridized carbons (Fsp3) is 0.0909. The Morgan fingerprint density at radius 1 is 1.35 bits per heavy atom. The first-order chi connectivity index (χ1) is 9.36. The van der Waals surface area contributed by atoms with Crippen LogP contribution in [-0.4, -0.2) is 25.8 Å². The van der Waals surface area contributed by atoms with Gasteiger partial charge in [0.05, 0.1) is 11.5 Å². The number of aromatic carboxylic acids is 1. The van der Waals surface area contributed by atoms with Gasteiger partial charge in [-0.05, 0) is 17.7 Å². The summed E-state index contributed by atoms with van der Waals surface area (Å²) < 4.78 is 26.9. The molecule has 1 aromatic carbocycles. The number of carboxylic acid groups (broad SMARTS) is 1. The highest BCUT2D eigenvalue weighted by molar-refractivity contribution is 5.89. The molecule has 0 bridgehead atoms. The zero-order valence-corrected chi connectivity index (χ0v) is 9.79. The molecule has 0 amide bonds. The van der Waals surface area contributed by atoms with E-state index in [2.05, 4.69) is 5.10 Å². The molecule has 0 aliphatic heterocycles. The van der Waals surface area contributed by atoms with Crippen LogP contribution >= 0.6 is 0 Å². The van der Waals surface area contributed by atoms with Crippen molar-refractivity contribution in [1.82, 2.24) is 9.78 Å². The molecule has 0 aliphatic rings. The highest BCUT2D eigenvalue weighted by Crippen LogP contribution is 2.18. The van der Waals surface area contributed by atoms with E-state index >= 15 is 0 Å². The first-order valence-corrected chi connectivity index (χ1v) is 5.27. The monoisotopic (exact) mass is 283 g/mol. The lowest BCUT2D eigenvalue weighted by atomic mass is 10.2. The van der Waals surface area contributed by atoms with Gasteiger partial charge < -0.3 is 5.11 Å². The molecule has 1 aromatic heterocycles. The van der Waals surface area contributed by atoms with Crippen molar-refractivity contribution in [2.45, 2.75) is 6.54 Å². The molecule has 0 radical (unpaired) electrons. The van der Waals surface area contributed by atoms with Gasteiger partial charge >= 0.3 is 11.7 Å². The smallest absolute Gasteiger partial charge is 0.363 e. The van der Waals surface area contributed by atoms with E-state index in [9.17, 15) is 23.7 Å². The van der Waals surface area contributed by atoms with Gasteiger partial charge in [0.2, 0.25) is 5.69 Å². The molecule has 0 aliphatic carbocycles. The van der Waals surface area contributed by atoms with Gasteiger partial charge in [0.1, 0.15) is 17.8 Å². The number of nitrogens with zero attached hydrogens (tertiary/aromatic N) is 3. The fourth-order valence-electron chi connectivity index (χ4n) is 1.67. The average molecular weight is 283 g/mol. The van der Waals surface area contributed by atoms with Crippen LogP contribution in [0.2, 0.25) is 0 Å². The average Bonchev–Trinajstić information content (AvgIpc) is 2.71. The Hall–Kier alpha value is -2.84. The number of hydrogen-bond donors (Lipinski definition) is 1. The molecule has 0 fully saturated rings. The van der Waals surface area contributed by atoms with Gasteiger partial charge in [-0.1, -0.05) is 0 Å². The topological polar surface area (TPSA) is 98.3 Å². The van der Waals surface area contributed by atoms with E-state index in [-0.39, 0.29) is 12.1 Å². The Morgan fingerprint density at radius 2 is 1.95 bits per heavy atom. The third-order valence-electron chi connectivity index (χ3n) is 2.41. The molecule has 0 saturated heterocycles. The van der Waals surface area contributed by atoms with Gasteiger partial charge in [-0.2, -0.15) is 5.10 Å². The first-order valence-electron chi connectivity index (χ1n) is 5.27. The minimum absolute atomic E-state index is 0.164. The molecule has 20 heavy (non-hydrogen) atoms. The van der Waals surface area contributed by atoms with Crippen molar-refractivity contribution >= 4 is 11.7 Å². The SMILES string of the molecule is O=C(O)c1nn(Cc2cc(F)cc(F)c2)cc1[N+](=O)[O-]. The van der Waals surface area contributed by atoms with Crippen molar-refractivity contribution in [1.29, 1.82) is 0 Å². The second-order valence-electron chi connectivity index (χ2n) is 3.90. The Morgan fingerprint density at radius 3 is 2.40 bits per heavy atom. The number of carboxylic acids is 1. The maximum Gasteiger partial charge on any atom is 0.363 e. The van der Waals surface area contributed by atoms with Crippen LogP contribution in [0.25, 0.3) is 0 Å². The van der Waals surface area contributed by atoms with Gasteiger partial charge in [0, 0.05) is 6.07 Å². The van der Waals surface area contributed by atoms with Gasteiger partial charge in [0.25, 0.3) is 0 Å². The predicted octanol–water partition coefficient (Wildman–Crippen LogP) is 1.82. The highest BCUT2D eigenvalue weighted by atomic mass is 19.1. The van der Waals surface area contributed by atoms with E-state index in [0.717, 1.165) is 23.0 Å². The van der Waals surface area contributed by atoms with E-state index < -0.39 is 33.9 Å². The van der Waals surface area contributed by atoms with Crippen molar-refractivity contribution < 1.29 is 23.6 Å². The summed E-state index contributed by atoms with van der Waals surface area (Å²) in [5.74, 6) is -3.17. The van der Waals surface area contributed by atoms with Crippen LogP contribution in [0.5, 0.6) is 0 Å². The minimum atomic E-state index is -1.55. The molecule has 0 spiro atoms. The van der Waals surface area contributed by atoms with E-state index in [4.69, 9.17) is 5.11 Å². The molecule has 0 saturated carbocycles. The normalized spacial score (nSPS) is 10.5. The van der Waals surface area contributed by atoms with E-state index in [1.165, 1.54) is 0 Å². The maximum atomic E-state index is 13.0. The first kappa shape index (κ1) is 13.6. The fourth-order valence-corrected chi connectivity index (χ4v) is 1.67. The van der Waals surface area contributed by atoms with Crippen molar-refractivity contribution in [2.75, 3.05) is 0 Å². The Kier molecular flexibility index (Phi) is 3.42. The number of rotatable bonds is 4. The van der Waals surface area contributed by atoms with E-state index in [0.29, 0.717) is 6.07 Å². The number of hydrogen-bond acceptors (Lipinski definition) is 4. The number of benzene rings is 1. The number of aromatic nitrogens is 2. The number of nitro groups is 1. The minimum Gasteiger partial charge on any atom is -0.476 e. The maximum absolute atomic E-state index is 13.0. The predicted molar refractivity (Wildman–Crippen MR) is 61.3 cm³/mol. The second kappa shape index (κ2) is 5.03. The van der Waals surface area contributed by atoms with Crippen LogP contribution in [0.4, 0.5) is 14.5 Å². The van der Waals surface area contributed by atoms with Gasteiger partial charge in [-0.15, -0.1) is 0 Å². The summed E-state index contributed by atoms with van der Waals surface area (Å²) >= 11 is 0. The van der Waals surface area contributed by atoms with E-state index in [1.807, 2.05) is 0 Å². The quantitative estimate of drug-likeness (QED) is 0.681. The standard InChI is InChI=1S/C11H7F2N3O4/c12-7-1-6(2-8(13)3-7)4-15-5-9(16(19)20)10(14-15)11(17)18/h1-3,5H,4H2,(H,17,18). The lowest BCUT2D eigenvalue weighted by molar-refractivity contribution is -0.385. The Labute approximate surface area is 110 Å². The molecule has 7 nitrogen and oxygen atoms in total. The van der Waals surface area contributed by atoms with Gasteiger partial charge in [0.15, 0.2) is 0 Å². The molecule has 9 heteroatoms. The summed E-state index contributed by atoms with van der Waals surface area (Å²) in [4.78, 5) is 20.6. The number of carbonyl (C=O) groups is 1. The molecule has 1 heterocycles. The van der Waals surface area contributed by atoms with Crippen molar-refractivity contribution in [3.63, 3.8) is 0 Å². The Balaban J connectivity index is 2.36. The summed E-state index contributed by atoms with van der Waals surface area (Å²) in [5.41, 5.74) is -1.25. The second-order valence-corrected chi connectivity index (χ2v) is 3.90. The molecule has 1 N–H and O–H groups in total. The molecular formula is C11H7F2N3O4. The molecule has 2 aromatic rings. The van der Waals surface area contributed by atoms with Crippen LogP contribution in [0.1, 0.15) is 16.1 Å². The summed E-state index contributed by atoms with van der Waals surface area (Å²) in [5, 5.41) is 23.0. The lowest BCUT2D eigenvalue weighted by Crippen LogP contribution is -2.05. The summed E-state index contributed by atoms with van der Waals surface area (Å²) in [7, 11) is 0. The summed E-state index contributed by atoms with van der Waals surface area (Å²) in [6.45, 7) is -0.192. The zero-order chi connectivity index (χ0) is 14.9.